The molecule has 0 bridgehead atoms. The number of likely N-dealkylation sites (N-methyl/N-ethyl adjacent to an activating group) is 1. The second-order valence-corrected chi connectivity index (χ2v) is 6.44. The maximum atomic E-state index is 12.8. The molecule has 2 saturated heterocycles. The number of ketones is 1. The third-order valence-corrected chi connectivity index (χ3v) is 4.79. The number of nitro benzene ring substituents is 1. The molecule has 2 fully saturated rings. The van der Waals surface area contributed by atoms with Crippen molar-refractivity contribution in [1.29, 1.82) is 0 Å². The van der Waals surface area contributed by atoms with E-state index in [1.54, 1.807) is 0 Å². The number of hydrogen-bond acceptors (Lipinski definition) is 7. The molecule has 2 aliphatic rings. The van der Waals surface area contributed by atoms with Crippen LogP contribution in [0, 0.1) is 10.1 Å². The van der Waals surface area contributed by atoms with Gasteiger partial charge in [-0.15, -0.1) is 0 Å². The maximum absolute atomic E-state index is 12.8. The number of carbonyl (C=O) groups excluding carboxylic acids is 3. The second kappa shape index (κ2) is 6.86. The van der Waals surface area contributed by atoms with Gasteiger partial charge in [0.15, 0.2) is 11.8 Å². The molecule has 0 N–H and O–H groups in total. The molecule has 28 heavy (non-hydrogen) atoms. The van der Waals surface area contributed by atoms with E-state index in [0.717, 1.165) is 4.90 Å². The van der Waals surface area contributed by atoms with Crippen LogP contribution in [0.15, 0.2) is 24.3 Å². The topological polar surface area (TPSA) is 110 Å². The summed E-state index contributed by atoms with van der Waals surface area (Å²) in [6, 6.07) is 0.961. The van der Waals surface area contributed by atoms with Crippen molar-refractivity contribution in [2.24, 2.45) is 0 Å². The van der Waals surface area contributed by atoms with Gasteiger partial charge in [-0.05, 0) is 24.7 Å². The molecule has 3 rings (SSSR count). The predicted octanol–water partition coefficient (Wildman–Crippen LogP) is 1.01. The van der Waals surface area contributed by atoms with E-state index in [9.17, 15) is 37.7 Å². The number of benzene rings is 1. The molecule has 9 nitrogen and oxygen atoms in total. The number of halogens is 3. The number of ether oxygens (including phenoxy) is 1. The van der Waals surface area contributed by atoms with Crippen LogP contribution < -0.4 is 0 Å². The Morgan fingerprint density at radius 3 is 2.46 bits per heavy atom. The number of hydrogen-bond donors (Lipinski definition) is 0. The Morgan fingerprint density at radius 2 is 1.93 bits per heavy atom. The summed E-state index contributed by atoms with van der Waals surface area (Å²) in [7, 11) is 0.713. The first-order chi connectivity index (χ1) is 13.0. The molecule has 0 saturated carbocycles. The van der Waals surface area contributed by atoms with E-state index in [1.165, 1.54) is 24.3 Å². The number of rotatable bonds is 5. The molecule has 12 heteroatoms. The van der Waals surface area contributed by atoms with E-state index in [1.807, 2.05) is 0 Å². The molecular weight excluding hydrogens is 387 g/mol. The minimum atomic E-state index is -4.75. The van der Waals surface area contributed by atoms with Crippen molar-refractivity contribution in [1.82, 2.24) is 9.80 Å². The van der Waals surface area contributed by atoms with Gasteiger partial charge in [0.05, 0.1) is 11.0 Å². The number of esters is 1. The smallest absolute Gasteiger partial charge is 0.459 e. The fraction of sp³-hybridized carbons (Fsp3) is 0.438. The van der Waals surface area contributed by atoms with Crippen LogP contribution in [0.3, 0.4) is 0 Å². The highest BCUT2D eigenvalue weighted by Gasteiger charge is 2.64. The summed E-state index contributed by atoms with van der Waals surface area (Å²) in [5.41, 5.74) is 0.250. The van der Waals surface area contributed by atoms with Gasteiger partial charge in [-0.2, -0.15) is 13.2 Å². The third-order valence-electron chi connectivity index (χ3n) is 4.79. The zero-order chi connectivity index (χ0) is 20.8. The summed E-state index contributed by atoms with van der Waals surface area (Å²) in [6.07, 6.45) is -5.11. The molecule has 0 aliphatic carbocycles. The van der Waals surface area contributed by atoms with Gasteiger partial charge < -0.3 is 9.64 Å². The Labute approximate surface area is 155 Å². The number of nitro groups is 1. The number of non-ortho nitro benzene ring substituents is 1. The van der Waals surface area contributed by atoms with Crippen LogP contribution in [0.25, 0.3) is 0 Å². The van der Waals surface area contributed by atoms with Gasteiger partial charge in [0, 0.05) is 18.6 Å². The van der Waals surface area contributed by atoms with E-state index >= 15 is 0 Å². The number of fused-ring (bicyclic) bond motifs is 1. The monoisotopic (exact) mass is 401 g/mol. The fourth-order valence-corrected chi connectivity index (χ4v) is 3.33. The molecule has 0 spiro atoms. The van der Waals surface area contributed by atoms with E-state index in [0.29, 0.717) is 12.6 Å². The molecule has 2 aliphatic heterocycles. The molecule has 1 amide bonds. The van der Waals surface area contributed by atoms with Crippen molar-refractivity contribution in [3.05, 3.63) is 39.9 Å². The van der Waals surface area contributed by atoms with Crippen molar-refractivity contribution >= 4 is 23.3 Å². The van der Waals surface area contributed by atoms with Crippen LogP contribution in [0.5, 0.6) is 0 Å². The minimum Gasteiger partial charge on any atom is -0.459 e. The van der Waals surface area contributed by atoms with Crippen LogP contribution >= 0.6 is 0 Å². The van der Waals surface area contributed by atoms with Crippen LogP contribution in [-0.2, 0) is 25.7 Å². The van der Waals surface area contributed by atoms with E-state index < -0.39 is 47.0 Å². The highest BCUT2D eigenvalue weighted by molar-refractivity contribution is 6.12. The van der Waals surface area contributed by atoms with Gasteiger partial charge >= 0.3 is 12.3 Å². The lowest BCUT2D eigenvalue weighted by Crippen LogP contribution is -2.72. The number of nitrogens with zero attached hydrogens (tertiary/aromatic N) is 3. The summed E-state index contributed by atoms with van der Waals surface area (Å²) in [5.74, 6) is -2.70. The fourth-order valence-electron chi connectivity index (χ4n) is 3.33. The summed E-state index contributed by atoms with van der Waals surface area (Å²) in [4.78, 5) is 47.2. The van der Waals surface area contributed by atoms with Crippen molar-refractivity contribution < 1.29 is 37.2 Å². The molecule has 3 unspecified atom stereocenters. The van der Waals surface area contributed by atoms with Gasteiger partial charge in [-0.1, -0.05) is 0 Å². The largest absolute Gasteiger partial charge is 0.460 e. The second-order valence-electron chi connectivity index (χ2n) is 6.44. The van der Waals surface area contributed by atoms with Crippen LogP contribution in [0.1, 0.15) is 12.0 Å². The first-order valence-corrected chi connectivity index (χ1v) is 8.07. The van der Waals surface area contributed by atoms with Gasteiger partial charge in [-0.25, -0.2) is 9.69 Å². The molecule has 2 heterocycles. The summed E-state index contributed by atoms with van der Waals surface area (Å²) >= 11 is 0. The van der Waals surface area contributed by atoms with Crippen LogP contribution in [-0.4, -0.2) is 63.9 Å². The third kappa shape index (κ3) is 3.30. The first-order valence-electron chi connectivity index (χ1n) is 8.07. The normalized spacial score (nSPS) is 24.2. The van der Waals surface area contributed by atoms with E-state index in [4.69, 9.17) is 4.74 Å². The Kier molecular flexibility index (Phi) is 4.83. The summed E-state index contributed by atoms with van der Waals surface area (Å²) in [5, 5.41) is 10.6. The Hall–Kier alpha value is -3.02. The molecule has 1 aromatic carbocycles. The lowest BCUT2D eigenvalue weighted by molar-refractivity contribution is -0.384. The van der Waals surface area contributed by atoms with Gasteiger partial charge in [0.25, 0.3) is 5.69 Å². The number of carbonyl (C=O) groups is 3. The van der Waals surface area contributed by atoms with Crippen molar-refractivity contribution in [3.63, 3.8) is 0 Å². The molecular formula is C16H14F3N3O6. The van der Waals surface area contributed by atoms with Crippen LogP contribution in [0.4, 0.5) is 18.9 Å². The molecule has 0 aromatic heterocycles. The standard InChI is InChI=1S/C16H14F3N3O6/c1-20(16(17,18)19)12-10-6-11(23)13(21(10)14(12)24)15(25)28-7-8-2-4-9(5-3-8)22(26)27/h2-5,10,12-13H,6-7H2,1H3. The van der Waals surface area contributed by atoms with E-state index in [2.05, 4.69) is 0 Å². The number of alkyl halides is 3. The Balaban J connectivity index is 1.64. The van der Waals surface area contributed by atoms with Crippen molar-refractivity contribution in [3.8, 4) is 0 Å². The molecule has 3 atom stereocenters. The average Bonchev–Trinajstić information content (AvgIpc) is 2.92. The lowest BCUT2D eigenvalue weighted by Gasteiger charge is -2.47. The zero-order valence-corrected chi connectivity index (χ0v) is 14.4. The van der Waals surface area contributed by atoms with Gasteiger partial charge in [0.2, 0.25) is 5.91 Å². The van der Waals surface area contributed by atoms with E-state index in [-0.39, 0.29) is 23.6 Å². The number of β-lactam (4-membered cyclic amide) rings is 1. The summed E-state index contributed by atoms with van der Waals surface area (Å²) < 4.78 is 43.5. The lowest BCUT2D eigenvalue weighted by atomic mass is 9.95. The number of amides is 1. The SMILES string of the molecule is CN(C1C(=O)N2C(C(=O)OCc3ccc([N+](=O)[O-])cc3)C(=O)CC12)C(F)(F)F. The average molecular weight is 401 g/mol. The number of Topliss-reactive ketones (excluding diaryl/α,β-unsaturated/α-hetero) is 1. The van der Waals surface area contributed by atoms with Crippen molar-refractivity contribution in [2.45, 2.75) is 37.5 Å². The van der Waals surface area contributed by atoms with Gasteiger partial charge in [-0.3, -0.25) is 19.7 Å². The maximum Gasteiger partial charge on any atom is 0.460 e. The predicted molar refractivity (Wildman–Crippen MR) is 84.5 cm³/mol. The quantitative estimate of drug-likeness (QED) is 0.181. The zero-order valence-electron chi connectivity index (χ0n) is 14.4. The molecule has 1 aromatic rings. The molecule has 0 radical (unpaired) electrons. The Bertz CT molecular complexity index is 841. The summed E-state index contributed by atoms with van der Waals surface area (Å²) in [6.45, 7) is -0.306. The Morgan fingerprint density at radius 1 is 1.32 bits per heavy atom. The molecule has 150 valence electrons. The first kappa shape index (κ1) is 19.7. The van der Waals surface area contributed by atoms with Crippen molar-refractivity contribution in [2.75, 3.05) is 7.05 Å². The highest BCUT2D eigenvalue weighted by atomic mass is 19.4. The van der Waals surface area contributed by atoms with Crippen LogP contribution in [0.2, 0.25) is 0 Å². The minimum absolute atomic E-state index is 0.0750. The van der Waals surface area contributed by atoms with Gasteiger partial charge in [0.1, 0.15) is 12.6 Å². The highest BCUT2D eigenvalue weighted by Crippen LogP contribution is 2.39.